The molecule has 2 heterocycles. The Bertz CT molecular complexity index is 386. The number of aromatic nitrogens is 1. The second kappa shape index (κ2) is 5.85. The maximum atomic E-state index is 8.75. The summed E-state index contributed by atoms with van der Waals surface area (Å²) in [5.41, 5.74) is 0.637. The summed E-state index contributed by atoms with van der Waals surface area (Å²) in [6.07, 6.45) is 1.78. The van der Waals surface area contributed by atoms with Gasteiger partial charge in [-0.1, -0.05) is 0 Å². The van der Waals surface area contributed by atoms with E-state index in [1.807, 2.05) is 0 Å². The van der Waals surface area contributed by atoms with Gasteiger partial charge in [0, 0.05) is 11.9 Å². The molecule has 0 radical (unpaired) electrons. The number of thioether (sulfide) groups is 1. The van der Waals surface area contributed by atoms with Crippen LogP contribution >= 0.6 is 11.8 Å². The van der Waals surface area contributed by atoms with Crippen LogP contribution in [-0.4, -0.2) is 36.7 Å². The summed E-state index contributed by atoms with van der Waals surface area (Å²) < 4.78 is 10.8. The Morgan fingerprint density at radius 3 is 3.25 bits per heavy atom. The summed E-state index contributed by atoms with van der Waals surface area (Å²) in [5.74, 6) is 0.807. The van der Waals surface area contributed by atoms with Gasteiger partial charge in [-0.05, 0) is 12.1 Å². The molecule has 0 spiro atoms. The predicted octanol–water partition coefficient (Wildman–Crippen LogP) is 1.46. The van der Waals surface area contributed by atoms with Gasteiger partial charge in [-0.15, -0.1) is 11.8 Å². The Labute approximate surface area is 98.6 Å². The van der Waals surface area contributed by atoms with Crippen molar-refractivity contribution in [3.63, 3.8) is 0 Å². The van der Waals surface area contributed by atoms with E-state index in [1.165, 1.54) is 0 Å². The van der Waals surface area contributed by atoms with Crippen LogP contribution in [0.15, 0.2) is 23.4 Å². The van der Waals surface area contributed by atoms with E-state index in [2.05, 4.69) is 11.1 Å². The molecule has 1 unspecified atom stereocenters. The zero-order valence-corrected chi connectivity index (χ0v) is 9.57. The lowest BCUT2D eigenvalue weighted by Gasteiger charge is -2.22. The van der Waals surface area contributed by atoms with Crippen LogP contribution in [0.5, 0.6) is 0 Å². The highest BCUT2D eigenvalue weighted by molar-refractivity contribution is 7.99. The average Bonchev–Trinajstić information content (AvgIpc) is 2.38. The summed E-state index contributed by atoms with van der Waals surface area (Å²) in [7, 11) is 0. The molecule has 84 valence electrons. The highest BCUT2D eigenvalue weighted by atomic mass is 32.2. The van der Waals surface area contributed by atoms with E-state index in [4.69, 9.17) is 14.7 Å². The van der Waals surface area contributed by atoms with Gasteiger partial charge in [-0.2, -0.15) is 5.26 Å². The summed E-state index contributed by atoms with van der Waals surface area (Å²) in [6, 6.07) is 5.58. The number of rotatable bonds is 3. The number of hydrogen-bond donors (Lipinski definition) is 0. The first kappa shape index (κ1) is 11.4. The lowest BCUT2D eigenvalue weighted by molar-refractivity contribution is -0.0776. The van der Waals surface area contributed by atoms with E-state index < -0.39 is 0 Å². The summed E-state index contributed by atoms with van der Waals surface area (Å²) >= 11 is 1.59. The van der Waals surface area contributed by atoms with Crippen molar-refractivity contribution in [2.75, 3.05) is 25.6 Å². The molecular weight excluding hydrogens is 224 g/mol. The molecule has 0 N–H and O–H groups in total. The molecule has 1 aromatic rings. The van der Waals surface area contributed by atoms with Crippen LogP contribution in [0.1, 0.15) is 5.56 Å². The lowest BCUT2D eigenvalue weighted by atomic mass is 10.3. The Hall–Kier alpha value is -1.09. The van der Waals surface area contributed by atoms with Crippen molar-refractivity contribution in [2.24, 2.45) is 0 Å². The minimum atomic E-state index is 0.131. The van der Waals surface area contributed by atoms with Gasteiger partial charge in [0.25, 0.3) is 0 Å². The molecule has 1 saturated heterocycles. The van der Waals surface area contributed by atoms with Crippen molar-refractivity contribution in [3.05, 3.63) is 23.9 Å². The fourth-order valence-corrected chi connectivity index (χ4v) is 2.26. The molecule has 1 aliphatic rings. The minimum Gasteiger partial charge on any atom is -0.376 e. The Morgan fingerprint density at radius 2 is 2.50 bits per heavy atom. The van der Waals surface area contributed by atoms with Gasteiger partial charge < -0.3 is 9.47 Å². The van der Waals surface area contributed by atoms with Crippen molar-refractivity contribution in [1.29, 1.82) is 5.26 Å². The summed E-state index contributed by atoms with van der Waals surface area (Å²) in [5, 5.41) is 9.60. The Morgan fingerprint density at radius 1 is 1.56 bits per heavy atom. The standard InChI is InChI=1S/C11H12N2O2S/c12-6-9-1-2-13-11(5-9)16-8-10-7-14-3-4-15-10/h1-2,5,10H,3-4,7-8H2. The van der Waals surface area contributed by atoms with E-state index in [0.29, 0.717) is 25.4 Å². The van der Waals surface area contributed by atoms with Gasteiger partial charge in [0.15, 0.2) is 0 Å². The van der Waals surface area contributed by atoms with Crippen LogP contribution < -0.4 is 0 Å². The molecule has 1 fully saturated rings. The van der Waals surface area contributed by atoms with E-state index in [1.54, 1.807) is 30.1 Å². The van der Waals surface area contributed by atoms with Gasteiger partial charge >= 0.3 is 0 Å². The third-order valence-electron chi connectivity index (χ3n) is 2.17. The molecular formula is C11H12N2O2S. The van der Waals surface area contributed by atoms with Crippen LogP contribution in [0.25, 0.3) is 0 Å². The topological polar surface area (TPSA) is 55.1 Å². The summed E-state index contributed by atoms with van der Waals surface area (Å²) in [4.78, 5) is 4.19. The maximum absolute atomic E-state index is 8.75. The number of ether oxygens (including phenoxy) is 2. The van der Waals surface area contributed by atoms with Crippen molar-refractivity contribution in [1.82, 2.24) is 4.98 Å². The molecule has 1 atom stereocenters. The first-order valence-corrected chi connectivity index (χ1v) is 6.05. The molecule has 0 amide bonds. The van der Waals surface area contributed by atoms with Crippen molar-refractivity contribution in [3.8, 4) is 6.07 Å². The van der Waals surface area contributed by atoms with Crippen molar-refractivity contribution >= 4 is 11.8 Å². The average molecular weight is 236 g/mol. The number of hydrogen-bond acceptors (Lipinski definition) is 5. The second-order valence-corrected chi connectivity index (χ2v) is 4.41. The smallest absolute Gasteiger partial charge is 0.0993 e. The zero-order valence-electron chi connectivity index (χ0n) is 8.76. The Balaban J connectivity index is 1.86. The van der Waals surface area contributed by atoms with E-state index in [9.17, 15) is 0 Å². The normalized spacial score (nSPS) is 20.3. The molecule has 2 rings (SSSR count). The molecule has 0 saturated carbocycles. The third-order valence-corrected chi connectivity index (χ3v) is 3.22. The molecule has 0 aromatic carbocycles. The van der Waals surface area contributed by atoms with Crippen LogP contribution in [-0.2, 0) is 9.47 Å². The molecule has 0 aliphatic carbocycles. The van der Waals surface area contributed by atoms with E-state index in [-0.39, 0.29) is 6.10 Å². The second-order valence-electron chi connectivity index (χ2n) is 3.37. The summed E-state index contributed by atoms with van der Waals surface area (Å²) in [6.45, 7) is 1.99. The van der Waals surface area contributed by atoms with Crippen LogP contribution in [0.3, 0.4) is 0 Å². The lowest BCUT2D eigenvalue weighted by Crippen LogP contribution is -2.30. The molecule has 1 aliphatic heterocycles. The highest BCUT2D eigenvalue weighted by Gasteiger charge is 2.14. The van der Waals surface area contributed by atoms with Gasteiger partial charge in [-0.3, -0.25) is 0 Å². The van der Waals surface area contributed by atoms with Crippen LogP contribution in [0.4, 0.5) is 0 Å². The fraction of sp³-hybridized carbons (Fsp3) is 0.455. The van der Waals surface area contributed by atoms with Gasteiger partial charge in [0.05, 0.1) is 42.6 Å². The molecule has 16 heavy (non-hydrogen) atoms. The van der Waals surface area contributed by atoms with Gasteiger partial charge in [0.1, 0.15) is 0 Å². The maximum Gasteiger partial charge on any atom is 0.0993 e. The number of nitrogens with zero attached hydrogens (tertiary/aromatic N) is 2. The highest BCUT2D eigenvalue weighted by Crippen LogP contribution is 2.19. The first-order chi connectivity index (χ1) is 7.88. The van der Waals surface area contributed by atoms with Crippen LogP contribution in [0, 0.1) is 11.3 Å². The molecule has 5 heteroatoms. The third kappa shape index (κ3) is 3.20. The SMILES string of the molecule is N#Cc1ccnc(SCC2COCCO2)c1. The predicted molar refractivity (Wildman–Crippen MR) is 60.2 cm³/mol. The van der Waals surface area contributed by atoms with E-state index in [0.717, 1.165) is 10.8 Å². The number of nitriles is 1. The molecule has 1 aromatic heterocycles. The van der Waals surface area contributed by atoms with Gasteiger partial charge in [-0.25, -0.2) is 4.98 Å². The quantitative estimate of drug-likeness (QED) is 0.744. The first-order valence-electron chi connectivity index (χ1n) is 5.07. The zero-order chi connectivity index (χ0) is 11.2. The van der Waals surface area contributed by atoms with E-state index >= 15 is 0 Å². The molecule has 0 bridgehead atoms. The van der Waals surface area contributed by atoms with Crippen molar-refractivity contribution in [2.45, 2.75) is 11.1 Å². The largest absolute Gasteiger partial charge is 0.376 e. The van der Waals surface area contributed by atoms with Gasteiger partial charge in [0.2, 0.25) is 0 Å². The van der Waals surface area contributed by atoms with Crippen molar-refractivity contribution < 1.29 is 9.47 Å². The number of pyridine rings is 1. The Kier molecular flexibility index (Phi) is 4.17. The minimum absolute atomic E-state index is 0.131. The van der Waals surface area contributed by atoms with Crippen LogP contribution in [0.2, 0.25) is 0 Å². The fourth-order valence-electron chi connectivity index (χ4n) is 1.37. The monoisotopic (exact) mass is 236 g/mol. The molecule has 4 nitrogen and oxygen atoms in total.